The fraction of sp³-hybridized carbons (Fsp3) is 0.250. The van der Waals surface area contributed by atoms with Crippen LogP contribution in [-0.2, 0) is 0 Å². The van der Waals surface area contributed by atoms with Gasteiger partial charge in [-0.2, -0.15) is 4.98 Å². The number of carbonyl (C=O) groups is 1. The minimum absolute atomic E-state index is 0.150. The van der Waals surface area contributed by atoms with Crippen molar-refractivity contribution < 1.29 is 13.7 Å². The average molecular weight is 351 g/mol. The first kappa shape index (κ1) is 16.4. The Labute approximate surface area is 150 Å². The summed E-state index contributed by atoms with van der Waals surface area (Å²) in [4.78, 5) is 19.0. The maximum atomic E-state index is 13.1. The monoisotopic (exact) mass is 351 g/mol. The highest BCUT2D eigenvalue weighted by atomic mass is 19.1. The van der Waals surface area contributed by atoms with Gasteiger partial charge in [0.2, 0.25) is 11.7 Å². The summed E-state index contributed by atoms with van der Waals surface area (Å²) in [6.07, 6.45) is 1.63. The molecule has 0 spiro atoms. The first-order valence-electron chi connectivity index (χ1n) is 8.59. The minimum Gasteiger partial charge on any atom is -0.337 e. The molecule has 26 heavy (non-hydrogen) atoms. The molecule has 1 aliphatic rings. The zero-order valence-corrected chi connectivity index (χ0v) is 14.4. The lowest BCUT2D eigenvalue weighted by atomic mass is 10.1. The third-order valence-corrected chi connectivity index (χ3v) is 4.64. The van der Waals surface area contributed by atoms with Crippen LogP contribution in [0.15, 0.2) is 53.1 Å². The summed E-state index contributed by atoms with van der Waals surface area (Å²) in [7, 11) is 0. The first-order valence-corrected chi connectivity index (χ1v) is 8.59. The van der Waals surface area contributed by atoms with Crippen LogP contribution >= 0.6 is 0 Å². The number of hydrogen-bond donors (Lipinski definition) is 0. The molecule has 6 heteroatoms. The molecule has 0 radical (unpaired) electrons. The normalized spacial score (nSPS) is 16.8. The van der Waals surface area contributed by atoms with Gasteiger partial charge >= 0.3 is 0 Å². The van der Waals surface area contributed by atoms with E-state index in [0.717, 1.165) is 24.0 Å². The number of hydrogen-bond acceptors (Lipinski definition) is 4. The van der Waals surface area contributed by atoms with Crippen molar-refractivity contribution in [3.8, 4) is 11.4 Å². The molecule has 0 saturated carbocycles. The lowest BCUT2D eigenvalue weighted by molar-refractivity contribution is 0.0710. The summed E-state index contributed by atoms with van der Waals surface area (Å²) in [5, 5.41) is 4.07. The number of aryl methyl sites for hydroxylation is 1. The Morgan fingerprint density at radius 3 is 2.62 bits per heavy atom. The molecule has 0 aliphatic carbocycles. The number of amides is 1. The van der Waals surface area contributed by atoms with Gasteiger partial charge in [-0.3, -0.25) is 4.79 Å². The number of nitrogens with zero attached hydrogens (tertiary/aromatic N) is 3. The van der Waals surface area contributed by atoms with Crippen LogP contribution in [0, 0.1) is 12.7 Å². The van der Waals surface area contributed by atoms with Gasteiger partial charge < -0.3 is 9.42 Å². The highest BCUT2D eigenvalue weighted by molar-refractivity contribution is 5.94. The molecule has 2 aromatic carbocycles. The van der Waals surface area contributed by atoms with Gasteiger partial charge in [0.05, 0.1) is 0 Å². The Kier molecular flexibility index (Phi) is 4.24. The van der Waals surface area contributed by atoms with Crippen LogP contribution in [0.1, 0.15) is 40.7 Å². The summed E-state index contributed by atoms with van der Waals surface area (Å²) < 4.78 is 18.6. The summed E-state index contributed by atoms with van der Waals surface area (Å²) in [5.74, 6) is 0.441. The lowest BCUT2D eigenvalue weighted by Crippen LogP contribution is -2.30. The van der Waals surface area contributed by atoms with Crippen molar-refractivity contribution in [1.29, 1.82) is 0 Å². The van der Waals surface area contributed by atoms with Crippen molar-refractivity contribution in [2.75, 3.05) is 6.54 Å². The van der Waals surface area contributed by atoms with E-state index in [4.69, 9.17) is 4.52 Å². The summed E-state index contributed by atoms with van der Waals surface area (Å²) in [6, 6.07) is 13.2. The molecule has 2 heterocycles. The first-order chi connectivity index (χ1) is 12.6. The van der Waals surface area contributed by atoms with Gasteiger partial charge in [-0.25, -0.2) is 4.39 Å². The van der Waals surface area contributed by atoms with Gasteiger partial charge in [0.1, 0.15) is 11.9 Å². The van der Waals surface area contributed by atoms with Crippen molar-refractivity contribution in [3.63, 3.8) is 0 Å². The molecule has 1 atom stereocenters. The number of likely N-dealkylation sites (tertiary alicyclic amines) is 1. The van der Waals surface area contributed by atoms with Gasteiger partial charge in [0.25, 0.3) is 5.91 Å². The molecular weight excluding hydrogens is 333 g/mol. The maximum absolute atomic E-state index is 13.1. The number of benzene rings is 2. The SMILES string of the molecule is Cc1ccc(-c2noc([C@H]3CCCN3C(=O)c3ccc(F)cc3)n2)cc1. The summed E-state index contributed by atoms with van der Waals surface area (Å²) >= 11 is 0. The molecule has 0 N–H and O–H groups in total. The smallest absolute Gasteiger partial charge is 0.254 e. The van der Waals surface area contributed by atoms with Crippen LogP contribution in [0.4, 0.5) is 4.39 Å². The van der Waals surface area contributed by atoms with Crippen molar-refractivity contribution >= 4 is 5.91 Å². The van der Waals surface area contributed by atoms with E-state index in [0.29, 0.717) is 23.8 Å². The van der Waals surface area contributed by atoms with Crippen LogP contribution in [0.2, 0.25) is 0 Å². The van der Waals surface area contributed by atoms with Crippen molar-refractivity contribution in [2.24, 2.45) is 0 Å². The topological polar surface area (TPSA) is 59.2 Å². The molecule has 1 aromatic heterocycles. The molecule has 1 amide bonds. The highest BCUT2D eigenvalue weighted by Gasteiger charge is 2.34. The van der Waals surface area contributed by atoms with E-state index in [1.54, 1.807) is 4.90 Å². The van der Waals surface area contributed by atoms with E-state index in [1.807, 2.05) is 31.2 Å². The zero-order valence-electron chi connectivity index (χ0n) is 14.4. The second kappa shape index (κ2) is 6.71. The maximum Gasteiger partial charge on any atom is 0.254 e. The predicted molar refractivity (Wildman–Crippen MR) is 93.9 cm³/mol. The van der Waals surface area contributed by atoms with Crippen molar-refractivity contribution in [1.82, 2.24) is 15.0 Å². The summed E-state index contributed by atoms with van der Waals surface area (Å²) in [5.41, 5.74) is 2.49. The third kappa shape index (κ3) is 3.10. The van der Waals surface area contributed by atoms with E-state index in [2.05, 4.69) is 10.1 Å². The number of halogens is 1. The van der Waals surface area contributed by atoms with Crippen LogP contribution in [-0.4, -0.2) is 27.5 Å². The number of rotatable bonds is 3. The predicted octanol–water partition coefficient (Wildman–Crippen LogP) is 4.16. The molecule has 1 fully saturated rings. The Hall–Kier alpha value is -3.02. The van der Waals surface area contributed by atoms with Crippen molar-refractivity contribution in [3.05, 3.63) is 71.4 Å². The largest absolute Gasteiger partial charge is 0.337 e. The molecule has 132 valence electrons. The number of aromatic nitrogens is 2. The number of carbonyl (C=O) groups excluding carboxylic acids is 1. The van der Waals surface area contributed by atoms with Crippen LogP contribution in [0.3, 0.4) is 0 Å². The van der Waals surface area contributed by atoms with Gasteiger partial charge in [0.15, 0.2) is 0 Å². The fourth-order valence-corrected chi connectivity index (χ4v) is 3.22. The van der Waals surface area contributed by atoms with E-state index < -0.39 is 0 Å². The molecule has 0 bridgehead atoms. The quantitative estimate of drug-likeness (QED) is 0.711. The Morgan fingerprint density at radius 2 is 1.88 bits per heavy atom. The zero-order chi connectivity index (χ0) is 18.1. The van der Waals surface area contributed by atoms with Crippen LogP contribution in [0.5, 0.6) is 0 Å². The Balaban J connectivity index is 1.58. The second-order valence-corrected chi connectivity index (χ2v) is 6.49. The molecule has 3 aromatic rings. The van der Waals surface area contributed by atoms with E-state index >= 15 is 0 Å². The minimum atomic E-state index is -0.362. The molecule has 0 unspecified atom stereocenters. The lowest BCUT2D eigenvalue weighted by Gasteiger charge is -2.21. The van der Waals surface area contributed by atoms with Gasteiger partial charge in [0, 0.05) is 17.7 Å². The van der Waals surface area contributed by atoms with Gasteiger partial charge in [-0.15, -0.1) is 0 Å². The average Bonchev–Trinajstić information content (AvgIpc) is 3.31. The Bertz CT molecular complexity index is 919. The third-order valence-electron chi connectivity index (χ3n) is 4.64. The van der Waals surface area contributed by atoms with Gasteiger partial charge in [-0.1, -0.05) is 35.0 Å². The molecule has 1 aliphatic heterocycles. The van der Waals surface area contributed by atoms with E-state index in [-0.39, 0.29) is 17.8 Å². The molecule has 1 saturated heterocycles. The van der Waals surface area contributed by atoms with Crippen LogP contribution < -0.4 is 0 Å². The Morgan fingerprint density at radius 1 is 1.15 bits per heavy atom. The van der Waals surface area contributed by atoms with E-state index in [1.165, 1.54) is 24.3 Å². The molecule has 5 nitrogen and oxygen atoms in total. The second-order valence-electron chi connectivity index (χ2n) is 6.49. The molecular formula is C20H18FN3O2. The van der Waals surface area contributed by atoms with Crippen LogP contribution in [0.25, 0.3) is 11.4 Å². The standard InChI is InChI=1S/C20H18FN3O2/c1-13-4-6-14(7-5-13)18-22-19(26-23-18)17-3-2-12-24(17)20(25)15-8-10-16(21)11-9-15/h4-11,17H,2-3,12H2,1H3/t17-/m1/s1. The summed E-state index contributed by atoms with van der Waals surface area (Å²) in [6.45, 7) is 2.63. The fourth-order valence-electron chi connectivity index (χ4n) is 3.22. The highest BCUT2D eigenvalue weighted by Crippen LogP contribution is 2.33. The van der Waals surface area contributed by atoms with E-state index in [9.17, 15) is 9.18 Å². The van der Waals surface area contributed by atoms with Gasteiger partial charge in [-0.05, 0) is 44.0 Å². The molecule has 4 rings (SSSR count). The van der Waals surface area contributed by atoms with Crippen molar-refractivity contribution in [2.45, 2.75) is 25.8 Å².